The fraction of sp³-hybridized carbons (Fsp3) is 0.733. The van der Waals surface area contributed by atoms with Gasteiger partial charge in [-0.2, -0.15) is 8.42 Å². The van der Waals surface area contributed by atoms with Crippen LogP contribution in [-0.4, -0.2) is 57.5 Å². The van der Waals surface area contributed by atoms with Crippen molar-refractivity contribution in [3.8, 4) is 0 Å². The van der Waals surface area contributed by atoms with Gasteiger partial charge in [0.25, 0.3) is 10.1 Å². The fourth-order valence-corrected chi connectivity index (χ4v) is 6.29. The Bertz CT molecular complexity index is 661. The largest absolute Gasteiger partial charge is 0.462 e. The van der Waals surface area contributed by atoms with Crippen molar-refractivity contribution in [2.75, 3.05) is 19.8 Å². The molecule has 3 fully saturated rings. The van der Waals surface area contributed by atoms with E-state index >= 15 is 0 Å². The highest BCUT2D eigenvalue weighted by molar-refractivity contribution is 7.87. The highest BCUT2D eigenvalue weighted by Gasteiger charge is 2.71. The van der Waals surface area contributed by atoms with Crippen LogP contribution in [0.5, 0.6) is 0 Å². The number of esters is 1. The van der Waals surface area contributed by atoms with Crippen molar-refractivity contribution in [1.29, 1.82) is 0 Å². The maximum atomic E-state index is 12.0. The van der Waals surface area contributed by atoms with Gasteiger partial charge in [-0.1, -0.05) is 13.5 Å². The average Bonchev–Trinajstić information content (AvgIpc) is 3.03. The molecule has 5 atom stereocenters. The number of hydrogen-bond donors (Lipinski definition) is 1. The normalized spacial score (nSPS) is 38.0. The lowest BCUT2D eigenvalue weighted by Gasteiger charge is -2.30. The third-order valence-corrected chi connectivity index (χ3v) is 7.10. The third kappa shape index (κ3) is 2.84. The minimum absolute atomic E-state index is 0.0317. The summed E-state index contributed by atoms with van der Waals surface area (Å²) in [5.74, 6) is -0.818. The fourth-order valence-electron chi connectivity index (χ4n) is 4.16. The summed E-state index contributed by atoms with van der Waals surface area (Å²) in [7, 11) is -3.53. The zero-order valence-electron chi connectivity index (χ0n) is 13.4. The van der Waals surface area contributed by atoms with E-state index in [0.717, 1.165) is 12.5 Å². The molecule has 0 aromatic rings. The van der Waals surface area contributed by atoms with Gasteiger partial charge in [-0.3, -0.25) is 8.98 Å². The molecule has 1 aliphatic heterocycles. The first-order valence-electron chi connectivity index (χ1n) is 7.87. The van der Waals surface area contributed by atoms with E-state index in [4.69, 9.17) is 13.7 Å². The van der Waals surface area contributed by atoms with Gasteiger partial charge in [0.2, 0.25) is 5.91 Å². The Labute approximate surface area is 140 Å². The first-order chi connectivity index (χ1) is 11.3. The lowest BCUT2D eigenvalue weighted by molar-refractivity contribution is -0.154. The molecule has 8 nitrogen and oxygen atoms in total. The number of carbonyl (C=O) groups excluding carboxylic acids is 2. The first-order valence-corrected chi connectivity index (χ1v) is 9.34. The summed E-state index contributed by atoms with van der Waals surface area (Å²) in [5.41, 5.74) is -0.424. The molecule has 0 aromatic carbocycles. The minimum atomic E-state index is -3.53. The highest BCUT2D eigenvalue weighted by Crippen LogP contribution is 2.62. The van der Waals surface area contributed by atoms with Crippen LogP contribution in [0.3, 0.4) is 0 Å². The molecule has 1 heterocycles. The predicted octanol–water partition coefficient (Wildman–Crippen LogP) is -0.256. The molecule has 0 spiro atoms. The van der Waals surface area contributed by atoms with Crippen molar-refractivity contribution >= 4 is 22.0 Å². The second-order valence-corrected chi connectivity index (χ2v) is 8.44. The second kappa shape index (κ2) is 6.12. The lowest BCUT2D eigenvalue weighted by atomic mass is 9.82. The molecule has 2 saturated carbocycles. The number of rotatable bonds is 7. The van der Waals surface area contributed by atoms with Crippen molar-refractivity contribution in [3.05, 3.63) is 12.7 Å². The molecule has 5 unspecified atom stereocenters. The van der Waals surface area contributed by atoms with Crippen LogP contribution in [0.4, 0.5) is 0 Å². The molecule has 3 aliphatic rings. The summed E-state index contributed by atoms with van der Waals surface area (Å²) in [6.07, 6.45) is 1.45. The Morgan fingerprint density at radius 1 is 1.46 bits per heavy atom. The maximum absolute atomic E-state index is 12.0. The van der Waals surface area contributed by atoms with E-state index in [-0.39, 0.29) is 31.6 Å². The van der Waals surface area contributed by atoms with Crippen LogP contribution in [-0.2, 0) is 33.4 Å². The number of fused-ring (bicyclic) bond motifs is 1. The van der Waals surface area contributed by atoms with Crippen molar-refractivity contribution in [1.82, 2.24) is 5.32 Å². The van der Waals surface area contributed by atoms with Crippen LogP contribution in [0.15, 0.2) is 12.7 Å². The topological polar surface area (TPSA) is 108 Å². The summed E-state index contributed by atoms with van der Waals surface area (Å²) < 4.78 is 39.8. The van der Waals surface area contributed by atoms with Gasteiger partial charge < -0.3 is 14.8 Å². The van der Waals surface area contributed by atoms with Gasteiger partial charge >= 0.3 is 5.97 Å². The molecule has 24 heavy (non-hydrogen) atoms. The molecule has 2 bridgehead atoms. The Balaban J connectivity index is 1.46. The first kappa shape index (κ1) is 17.4. The minimum Gasteiger partial charge on any atom is -0.462 e. The Hall–Kier alpha value is -1.45. The molecule has 9 heteroatoms. The number of ether oxygens (including phenoxy) is 2. The summed E-state index contributed by atoms with van der Waals surface area (Å²) in [6, 6.07) is 0. The van der Waals surface area contributed by atoms with Crippen LogP contribution in [0.1, 0.15) is 19.8 Å². The second-order valence-electron chi connectivity index (χ2n) is 6.70. The van der Waals surface area contributed by atoms with Crippen LogP contribution >= 0.6 is 0 Å². The Kier molecular flexibility index (Phi) is 4.43. The van der Waals surface area contributed by atoms with Crippen LogP contribution < -0.4 is 5.32 Å². The summed E-state index contributed by atoms with van der Waals surface area (Å²) in [5, 5.41) is 2.02. The van der Waals surface area contributed by atoms with E-state index in [2.05, 4.69) is 11.9 Å². The van der Waals surface area contributed by atoms with Crippen molar-refractivity contribution in [3.63, 3.8) is 0 Å². The van der Waals surface area contributed by atoms with Gasteiger partial charge in [-0.05, 0) is 24.8 Å². The predicted molar refractivity (Wildman–Crippen MR) is 82.3 cm³/mol. The van der Waals surface area contributed by atoms with Crippen molar-refractivity contribution in [2.24, 2.45) is 11.3 Å². The van der Waals surface area contributed by atoms with E-state index in [9.17, 15) is 18.0 Å². The number of nitrogens with one attached hydrogen (secondary N) is 1. The van der Waals surface area contributed by atoms with Gasteiger partial charge in [0.05, 0.1) is 17.9 Å². The van der Waals surface area contributed by atoms with E-state index in [1.54, 1.807) is 0 Å². The standard InChI is InChI=1S/C15H21NO7S/c1-3-11(17)16-4-5-21-12(18)8-22-13-9-6-10-15(2,7-9)14(13)23-24(10,19)20/h3,9-10,13-14H,1,4-8H2,2H3,(H,16,17). The van der Waals surface area contributed by atoms with Gasteiger partial charge in [0.1, 0.15) is 19.3 Å². The van der Waals surface area contributed by atoms with Gasteiger partial charge in [0, 0.05) is 5.41 Å². The lowest BCUT2D eigenvalue weighted by Crippen LogP contribution is -2.42. The molecular formula is C15H21NO7S. The maximum Gasteiger partial charge on any atom is 0.332 e. The molecule has 0 radical (unpaired) electrons. The smallest absolute Gasteiger partial charge is 0.332 e. The van der Waals surface area contributed by atoms with Gasteiger partial charge in [-0.15, -0.1) is 0 Å². The SMILES string of the molecule is C=CC(=O)NCCOC(=O)COC1C2CC3C(C)(C2)C1OS3(=O)=O. The number of amides is 1. The molecule has 2 aliphatic carbocycles. The molecule has 134 valence electrons. The molecule has 1 saturated heterocycles. The monoisotopic (exact) mass is 359 g/mol. The molecule has 3 rings (SSSR count). The van der Waals surface area contributed by atoms with Crippen molar-refractivity contribution < 1.29 is 31.7 Å². The van der Waals surface area contributed by atoms with E-state index < -0.39 is 39.0 Å². The average molecular weight is 359 g/mol. The zero-order valence-corrected chi connectivity index (χ0v) is 14.2. The summed E-state index contributed by atoms with van der Waals surface area (Å²) in [6.45, 7) is 5.17. The van der Waals surface area contributed by atoms with E-state index in [1.165, 1.54) is 0 Å². The molecular weight excluding hydrogens is 338 g/mol. The van der Waals surface area contributed by atoms with E-state index in [0.29, 0.717) is 6.42 Å². The van der Waals surface area contributed by atoms with Crippen LogP contribution in [0.2, 0.25) is 0 Å². The highest BCUT2D eigenvalue weighted by atomic mass is 32.2. The summed E-state index contributed by atoms with van der Waals surface area (Å²) >= 11 is 0. The van der Waals surface area contributed by atoms with Gasteiger partial charge in [0.15, 0.2) is 0 Å². The van der Waals surface area contributed by atoms with Gasteiger partial charge in [-0.25, -0.2) is 4.79 Å². The molecule has 1 N–H and O–H groups in total. The zero-order chi connectivity index (χ0) is 17.5. The quantitative estimate of drug-likeness (QED) is 0.289. The molecule has 0 aromatic heterocycles. The van der Waals surface area contributed by atoms with Crippen molar-refractivity contribution in [2.45, 2.75) is 37.2 Å². The number of carbonyl (C=O) groups is 2. The number of hydrogen-bond acceptors (Lipinski definition) is 7. The van der Waals surface area contributed by atoms with E-state index in [1.807, 2.05) is 6.92 Å². The third-order valence-electron chi connectivity index (χ3n) is 5.20. The van der Waals surface area contributed by atoms with Crippen LogP contribution in [0.25, 0.3) is 0 Å². The Morgan fingerprint density at radius 2 is 2.21 bits per heavy atom. The summed E-state index contributed by atoms with van der Waals surface area (Å²) in [4.78, 5) is 22.6. The Morgan fingerprint density at radius 3 is 2.92 bits per heavy atom. The van der Waals surface area contributed by atoms with Crippen LogP contribution in [0, 0.1) is 11.3 Å². The molecule has 1 amide bonds.